The average molecular weight is 347 g/mol. The molecule has 4 fully saturated rings. The Kier molecular flexibility index (Phi) is 5.74. The smallest absolute Gasteiger partial charge is 0.101 e. The molecule has 142 valence electrons. The maximum absolute atomic E-state index is 9.92. The molecule has 1 N–H and O–H groups in total. The van der Waals surface area contributed by atoms with Crippen LogP contribution in [-0.4, -0.2) is 17.8 Å². The Morgan fingerprint density at radius 2 is 1.60 bits per heavy atom. The minimum absolute atomic E-state index is 0.400. The SMILES string of the molecule is C=COC1CC2CCCCCCCCC3C4CC(CO)C(C4)C3C1C2. The molecular weight excluding hydrogens is 308 g/mol. The molecule has 8 unspecified atom stereocenters. The molecule has 8 atom stereocenters. The molecule has 0 heterocycles. The normalized spacial score (nSPS) is 47.4. The van der Waals surface area contributed by atoms with Crippen molar-refractivity contribution in [2.75, 3.05) is 6.61 Å². The lowest BCUT2D eigenvalue weighted by Gasteiger charge is -2.40. The number of hydrogen-bond donors (Lipinski definition) is 1. The van der Waals surface area contributed by atoms with Crippen molar-refractivity contribution in [3.05, 3.63) is 12.8 Å². The number of aliphatic hydroxyl groups is 1. The van der Waals surface area contributed by atoms with E-state index in [1.54, 1.807) is 6.26 Å². The first-order valence-electron chi connectivity index (χ1n) is 11.2. The molecule has 4 bridgehead atoms. The van der Waals surface area contributed by atoms with Gasteiger partial charge in [0, 0.05) is 6.61 Å². The van der Waals surface area contributed by atoms with E-state index >= 15 is 0 Å². The molecule has 2 nitrogen and oxygen atoms in total. The third kappa shape index (κ3) is 3.53. The Labute approximate surface area is 154 Å². The standard InChI is InChI=1S/C23H38O2/c1-2-25-22-12-16-9-7-5-3-4-6-8-10-19-17-13-18(15-24)20(14-17)23(19)21(22)11-16/h2,16-24H,1,3-15H2. The van der Waals surface area contributed by atoms with Gasteiger partial charge in [0.15, 0.2) is 0 Å². The van der Waals surface area contributed by atoms with E-state index < -0.39 is 0 Å². The van der Waals surface area contributed by atoms with E-state index in [0.717, 1.165) is 35.5 Å². The summed E-state index contributed by atoms with van der Waals surface area (Å²) in [5, 5.41) is 9.92. The van der Waals surface area contributed by atoms with Crippen LogP contribution in [0.1, 0.15) is 77.0 Å². The van der Waals surface area contributed by atoms with Crippen LogP contribution in [-0.2, 0) is 4.74 Å². The molecule has 2 heteroatoms. The van der Waals surface area contributed by atoms with Crippen molar-refractivity contribution < 1.29 is 9.84 Å². The summed E-state index contributed by atoms with van der Waals surface area (Å²) in [4.78, 5) is 0. The Hall–Kier alpha value is -0.500. The van der Waals surface area contributed by atoms with Gasteiger partial charge in [0.25, 0.3) is 0 Å². The first-order chi connectivity index (χ1) is 12.3. The van der Waals surface area contributed by atoms with Crippen LogP contribution in [0.15, 0.2) is 12.8 Å². The van der Waals surface area contributed by atoms with Crippen LogP contribution in [0, 0.1) is 41.4 Å². The van der Waals surface area contributed by atoms with Crippen molar-refractivity contribution >= 4 is 0 Å². The van der Waals surface area contributed by atoms with E-state index in [2.05, 4.69) is 6.58 Å². The molecule has 4 rings (SSSR count). The van der Waals surface area contributed by atoms with Crippen LogP contribution in [0.2, 0.25) is 0 Å². The molecule has 0 radical (unpaired) electrons. The van der Waals surface area contributed by atoms with Gasteiger partial charge < -0.3 is 9.84 Å². The molecule has 4 aliphatic carbocycles. The second-order valence-electron chi connectivity index (χ2n) is 9.62. The number of rotatable bonds is 3. The zero-order valence-electron chi connectivity index (χ0n) is 16.0. The van der Waals surface area contributed by atoms with Crippen LogP contribution >= 0.6 is 0 Å². The van der Waals surface area contributed by atoms with Gasteiger partial charge in [0.1, 0.15) is 6.10 Å². The number of ether oxygens (including phenoxy) is 1. The molecule has 0 spiro atoms. The summed E-state index contributed by atoms with van der Waals surface area (Å²) in [7, 11) is 0. The van der Waals surface area contributed by atoms with Gasteiger partial charge in [0.05, 0.1) is 6.26 Å². The quantitative estimate of drug-likeness (QED) is 0.678. The van der Waals surface area contributed by atoms with Crippen LogP contribution in [0.25, 0.3) is 0 Å². The second-order valence-corrected chi connectivity index (χ2v) is 9.62. The monoisotopic (exact) mass is 346 g/mol. The lowest BCUT2D eigenvalue weighted by molar-refractivity contribution is 0.00836. The summed E-state index contributed by atoms with van der Waals surface area (Å²) in [6.07, 6.45) is 18.9. The molecule has 4 aliphatic rings. The lowest BCUT2D eigenvalue weighted by atomic mass is 9.66. The van der Waals surface area contributed by atoms with E-state index in [-0.39, 0.29) is 0 Å². The molecule has 0 saturated heterocycles. The molecule has 25 heavy (non-hydrogen) atoms. The highest BCUT2D eigenvalue weighted by Gasteiger charge is 2.56. The molecular formula is C23H38O2. The first-order valence-corrected chi connectivity index (χ1v) is 11.2. The van der Waals surface area contributed by atoms with E-state index in [0.29, 0.717) is 18.6 Å². The van der Waals surface area contributed by atoms with Crippen LogP contribution < -0.4 is 0 Å². The molecule has 0 aliphatic heterocycles. The van der Waals surface area contributed by atoms with Gasteiger partial charge >= 0.3 is 0 Å². The van der Waals surface area contributed by atoms with E-state index in [9.17, 15) is 5.11 Å². The summed E-state index contributed by atoms with van der Waals surface area (Å²) in [5.41, 5.74) is 0. The van der Waals surface area contributed by atoms with Gasteiger partial charge in [-0.1, -0.05) is 51.5 Å². The van der Waals surface area contributed by atoms with Crippen LogP contribution in [0.3, 0.4) is 0 Å². The third-order valence-corrected chi connectivity index (χ3v) is 8.43. The van der Waals surface area contributed by atoms with Crippen molar-refractivity contribution in [1.82, 2.24) is 0 Å². The summed E-state index contributed by atoms with van der Waals surface area (Å²) in [5.74, 6) is 5.54. The lowest BCUT2D eigenvalue weighted by Crippen LogP contribution is -2.38. The highest BCUT2D eigenvalue weighted by Crippen LogP contribution is 2.61. The third-order valence-electron chi connectivity index (χ3n) is 8.43. The van der Waals surface area contributed by atoms with Crippen molar-refractivity contribution in [2.45, 2.75) is 83.2 Å². The Morgan fingerprint density at radius 1 is 0.840 bits per heavy atom. The molecule has 4 saturated carbocycles. The molecule has 0 aromatic rings. The topological polar surface area (TPSA) is 29.5 Å². The van der Waals surface area contributed by atoms with Gasteiger partial charge in [-0.25, -0.2) is 0 Å². The van der Waals surface area contributed by atoms with E-state index in [1.807, 2.05) is 0 Å². The highest BCUT2D eigenvalue weighted by atomic mass is 16.5. The summed E-state index contributed by atoms with van der Waals surface area (Å²) in [6, 6.07) is 0. The minimum atomic E-state index is 0.400. The van der Waals surface area contributed by atoms with Crippen LogP contribution in [0.4, 0.5) is 0 Å². The number of fused-ring (bicyclic) bond motifs is 8. The number of hydrogen-bond acceptors (Lipinski definition) is 2. The van der Waals surface area contributed by atoms with Crippen molar-refractivity contribution in [3.8, 4) is 0 Å². The molecule has 0 aromatic heterocycles. The maximum atomic E-state index is 9.92. The average Bonchev–Trinajstić information content (AvgIpc) is 3.29. The summed E-state index contributed by atoms with van der Waals surface area (Å²) in [6.45, 7) is 4.28. The maximum Gasteiger partial charge on any atom is 0.101 e. The van der Waals surface area contributed by atoms with Crippen molar-refractivity contribution in [3.63, 3.8) is 0 Å². The molecule has 0 aromatic carbocycles. The minimum Gasteiger partial charge on any atom is -0.498 e. The second kappa shape index (κ2) is 8.03. The molecule has 0 amide bonds. The Morgan fingerprint density at radius 3 is 2.36 bits per heavy atom. The van der Waals surface area contributed by atoms with Crippen molar-refractivity contribution in [1.29, 1.82) is 0 Å². The van der Waals surface area contributed by atoms with E-state index in [1.165, 1.54) is 77.0 Å². The van der Waals surface area contributed by atoms with Gasteiger partial charge in [-0.3, -0.25) is 0 Å². The zero-order chi connectivity index (χ0) is 17.2. The van der Waals surface area contributed by atoms with Gasteiger partial charge in [-0.15, -0.1) is 0 Å². The van der Waals surface area contributed by atoms with Crippen LogP contribution in [0.5, 0.6) is 0 Å². The largest absolute Gasteiger partial charge is 0.498 e. The highest BCUT2D eigenvalue weighted by molar-refractivity contribution is 5.05. The van der Waals surface area contributed by atoms with Gasteiger partial charge in [-0.2, -0.15) is 0 Å². The van der Waals surface area contributed by atoms with E-state index in [4.69, 9.17) is 4.74 Å². The fourth-order valence-corrected chi connectivity index (χ4v) is 7.50. The number of aliphatic hydroxyl groups excluding tert-OH is 1. The predicted molar refractivity (Wildman–Crippen MR) is 102 cm³/mol. The fourth-order valence-electron chi connectivity index (χ4n) is 7.50. The first kappa shape index (κ1) is 17.9. The Balaban J connectivity index is 1.57. The van der Waals surface area contributed by atoms with Gasteiger partial charge in [-0.05, 0) is 73.5 Å². The van der Waals surface area contributed by atoms with Gasteiger partial charge in [0.2, 0.25) is 0 Å². The summed E-state index contributed by atoms with van der Waals surface area (Å²) < 4.78 is 6.08. The fraction of sp³-hybridized carbons (Fsp3) is 0.913. The summed E-state index contributed by atoms with van der Waals surface area (Å²) >= 11 is 0. The Bertz CT molecular complexity index is 447. The zero-order valence-corrected chi connectivity index (χ0v) is 16.0. The van der Waals surface area contributed by atoms with Crippen molar-refractivity contribution in [2.24, 2.45) is 41.4 Å². The predicted octanol–water partition coefficient (Wildman–Crippen LogP) is 5.56.